The second-order valence-electron chi connectivity index (χ2n) is 6.84. The molecule has 1 N–H and O–H groups in total. The third kappa shape index (κ3) is 3.51. The van der Waals surface area contributed by atoms with Crippen molar-refractivity contribution >= 4 is 11.9 Å². The maximum Gasteiger partial charge on any atom is 0.339 e. The molecular weight excluding hydrogens is 356 g/mol. The van der Waals surface area contributed by atoms with Gasteiger partial charge in [-0.2, -0.15) is 5.10 Å². The first-order valence-corrected chi connectivity index (χ1v) is 9.06. The number of carbonyl (C=O) groups excluding carboxylic acids is 2. The van der Waals surface area contributed by atoms with Crippen LogP contribution in [0.15, 0.2) is 48.7 Å². The lowest BCUT2D eigenvalue weighted by Gasteiger charge is -2.23. The number of amides is 1. The van der Waals surface area contributed by atoms with Crippen molar-refractivity contribution in [1.29, 1.82) is 0 Å². The third-order valence-electron chi connectivity index (χ3n) is 4.69. The van der Waals surface area contributed by atoms with E-state index < -0.39 is 12.1 Å². The molecule has 3 heterocycles. The van der Waals surface area contributed by atoms with Crippen LogP contribution in [0.1, 0.15) is 32.9 Å². The van der Waals surface area contributed by atoms with E-state index in [-0.39, 0.29) is 5.91 Å². The Kier molecular flexibility index (Phi) is 4.65. The Bertz CT molecular complexity index is 1040. The van der Waals surface area contributed by atoms with E-state index in [1.807, 2.05) is 44.2 Å². The number of benzene rings is 1. The van der Waals surface area contributed by atoms with Crippen LogP contribution in [-0.2, 0) is 22.5 Å². The molecule has 1 atom stereocenters. The average Bonchev–Trinajstić information content (AvgIpc) is 3.04. The molecule has 142 valence electrons. The Morgan fingerprint density at radius 3 is 2.79 bits per heavy atom. The Balaban J connectivity index is 1.39. The molecule has 0 unspecified atom stereocenters. The van der Waals surface area contributed by atoms with Crippen LogP contribution >= 0.6 is 0 Å². The molecule has 1 aliphatic heterocycles. The van der Waals surface area contributed by atoms with Crippen molar-refractivity contribution in [2.45, 2.75) is 32.9 Å². The highest BCUT2D eigenvalue weighted by molar-refractivity contribution is 5.95. The zero-order valence-electron chi connectivity index (χ0n) is 15.7. The summed E-state index contributed by atoms with van der Waals surface area (Å²) in [4.78, 5) is 28.9. The Morgan fingerprint density at radius 2 is 2.07 bits per heavy atom. The van der Waals surface area contributed by atoms with Gasteiger partial charge in [0.05, 0.1) is 11.3 Å². The smallest absolute Gasteiger partial charge is 0.339 e. The standard InChI is InChI=1S/C21H20N4O3/c1-13-9-14(2)25(24-13)19-8-7-15(11-22-19)12-23-20(26)18-10-16-5-3-4-6-17(16)21(27)28-18/h3-9,11,18H,10,12H2,1-2H3,(H,23,26)/t18-/m0/s1. The van der Waals surface area contributed by atoms with E-state index in [0.29, 0.717) is 18.5 Å². The van der Waals surface area contributed by atoms with Crippen molar-refractivity contribution < 1.29 is 14.3 Å². The average molecular weight is 376 g/mol. The quantitative estimate of drug-likeness (QED) is 0.706. The van der Waals surface area contributed by atoms with Gasteiger partial charge < -0.3 is 10.1 Å². The van der Waals surface area contributed by atoms with Gasteiger partial charge in [-0.15, -0.1) is 0 Å². The molecule has 1 aliphatic rings. The number of aryl methyl sites for hydroxylation is 2. The highest BCUT2D eigenvalue weighted by atomic mass is 16.5. The van der Waals surface area contributed by atoms with Crippen LogP contribution in [0.5, 0.6) is 0 Å². The number of fused-ring (bicyclic) bond motifs is 1. The molecule has 0 radical (unpaired) electrons. The minimum absolute atomic E-state index is 0.304. The van der Waals surface area contributed by atoms with Crippen LogP contribution in [0.3, 0.4) is 0 Å². The molecule has 28 heavy (non-hydrogen) atoms. The largest absolute Gasteiger partial charge is 0.448 e. The van der Waals surface area contributed by atoms with E-state index in [4.69, 9.17) is 4.74 Å². The van der Waals surface area contributed by atoms with Crippen LogP contribution in [-0.4, -0.2) is 32.7 Å². The molecule has 3 aromatic rings. The van der Waals surface area contributed by atoms with Crippen LogP contribution < -0.4 is 5.32 Å². The summed E-state index contributed by atoms with van der Waals surface area (Å²) in [5.74, 6) is -0.0538. The van der Waals surface area contributed by atoms with Gasteiger partial charge in [0.25, 0.3) is 5.91 Å². The number of carbonyl (C=O) groups is 2. The minimum atomic E-state index is -0.815. The van der Waals surface area contributed by atoms with Crippen molar-refractivity contribution in [3.63, 3.8) is 0 Å². The molecule has 0 saturated carbocycles. The topological polar surface area (TPSA) is 86.1 Å². The van der Waals surface area contributed by atoms with Gasteiger partial charge in [0.1, 0.15) is 0 Å². The molecule has 7 nitrogen and oxygen atoms in total. The Hall–Kier alpha value is -3.48. The number of hydrogen-bond donors (Lipinski definition) is 1. The first-order chi connectivity index (χ1) is 13.5. The van der Waals surface area contributed by atoms with E-state index >= 15 is 0 Å². The van der Waals surface area contributed by atoms with Gasteiger partial charge in [-0.25, -0.2) is 14.5 Å². The normalized spacial score (nSPS) is 15.6. The fourth-order valence-corrected chi connectivity index (χ4v) is 3.29. The molecule has 7 heteroatoms. The second kappa shape index (κ2) is 7.26. The molecule has 0 spiro atoms. The van der Waals surface area contributed by atoms with E-state index in [9.17, 15) is 9.59 Å². The fourth-order valence-electron chi connectivity index (χ4n) is 3.29. The summed E-state index contributed by atoms with van der Waals surface area (Å²) in [5, 5.41) is 7.22. The van der Waals surface area contributed by atoms with Gasteiger partial charge >= 0.3 is 5.97 Å². The summed E-state index contributed by atoms with van der Waals surface area (Å²) in [7, 11) is 0. The molecule has 4 rings (SSSR count). The summed E-state index contributed by atoms with van der Waals surface area (Å²) < 4.78 is 7.05. The van der Waals surface area contributed by atoms with Crippen molar-refractivity contribution in [1.82, 2.24) is 20.1 Å². The lowest BCUT2D eigenvalue weighted by atomic mass is 9.98. The number of ether oxygens (including phenoxy) is 1. The van der Waals surface area contributed by atoms with Gasteiger partial charge in [0.15, 0.2) is 11.9 Å². The number of esters is 1. The highest BCUT2D eigenvalue weighted by Crippen LogP contribution is 2.20. The van der Waals surface area contributed by atoms with Gasteiger partial charge in [-0.3, -0.25) is 4.79 Å². The van der Waals surface area contributed by atoms with Crippen molar-refractivity contribution in [2.24, 2.45) is 0 Å². The monoisotopic (exact) mass is 376 g/mol. The molecule has 0 fully saturated rings. The van der Waals surface area contributed by atoms with Crippen LogP contribution in [0.2, 0.25) is 0 Å². The molecule has 0 bridgehead atoms. The van der Waals surface area contributed by atoms with Gasteiger partial charge in [-0.05, 0) is 43.2 Å². The number of aromatic nitrogens is 3. The number of hydrogen-bond acceptors (Lipinski definition) is 5. The maximum atomic E-state index is 12.4. The molecule has 0 aliphatic carbocycles. The van der Waals surface area contributed by atoms with E-state index in [1.54, 1.807) is 23.0 Å². The number of pyridine rings is 1. The van der Waals surface area contributed by atoms with E-state index in [2.05, 4.69) is 15.4 Å². The lowest BCUT2D eigenvalue weighted by Crippen LogP contribution is -2.41. The van der Waals surface area contributed by atoms with Gasteiger partial charge in [-0.1, -0.05) is 24.3 Å². The van der Waals surface area contributed by atoms with Crippen LogP contribution in [0.4, 0.5) is 0 Å². The molecule has 0 saturated heterocycles. The number of rotatable bonds is 4. The van der Waals surface area contributed by atoms with Crippen molar-refractivity contribution in [3.05, 3.63) is 76.7 Å². The van der Waals surface area contributed by atoms with Gasteiger partial charge in [0.2, 0.25) is 0 Å². The van der Waals surface area contributed by atoms with Crippen molar-refractivity contribution in [2.75, 3.05) is 0 Å². The first-order valence-electron chi connectivity index (χ1n) is 9.06. The summed E-state index contributed by atoms with van der Waals surface area (Å²) in [5.41, 5.74) is 4.14. The van der Waals surface area contributed by atoms with E-state index in [1.165, 1.54) is 0 Å². The van der Waals surface area contributed by atoms with Crippen LogP contribution in [0, 0.1) is 13.8 Å². The predicted molar refractivity (Wildman–Crippen MR) is 102 cm³/mol. The number of cyclic esters (lactones) is 1. The Morgan fingerprint density at radius 1 is 1.25 bits per heavy atom. The van der Waals surface area contributed by atoms with Crippen molar-refractivity contribution in [3.8, 4) is 5.82 Å². The second-order valence-corrected chi connectivity index (χ2v) is 6.84. The highest BCUT2D eigenvalue weighted by Gasteiger charge is 2.30. The number of nitrogens with one attached hydrogen (secondary N) is 1. The summed E-state index contributed by atoms with van der Waals surface area (Å²) in [6, 6.07) is 12.9. The zero-order chi connectivity index (χ0) is 19.7. The summed E-state index contributed by atoms with van der Waals surface area (Å²) in [6.07, 6.45) is 1.27. The Labute approximate surface area is 162 Å². The third-order valence-corrected chi connectivity index (χ3v) is 4.69. The summed E-state index contributed by atoms with van der Waals surface area (Å²) >= 11 is 0. The van der Waals surface area contributed by atoms with Gasteiger partial charge in [0, 0.05) is 24.9 Å². The molecule has 1 aromatic carbocycles. The summed E-state index contributed by atoms with van der Waals surface area (Å²) in [6.45, 7) is 4.21. The SMILES string of the molecule is Cc1cc(C)n(-c2ccc(CNC(=O)[C@@H]3Cc4ccccc4C(=O)O3)cn2)n1. The zero-order valence-corrected chi connectivity index (χ0v) is 15.7. The molecule has 2 aromatic heterocycles. The van der Waals surface area contributed by atoms with E-state index in [0.717, 1.165) is 28.3 Å². The fraction of sp³-hybridized carbons (Fsp3) is 0.238. The molecule has 1 amide bonds. The van der Waals surface area contributed by atoms with Crippen LogP contribution in [0.25, 0.3) is 5.82 Å². The minimum Gasteiger partial charge on any atom is -0.448 e. The lowest BCUT2D eigenvalue weighted by molar-refractivity contribution is -0.130. The molecular formula is C21H20N4O3. The maximum absolute atomic E-state index is 12.4. The number of nitrogens with zero attached hydrogens (tertiary/aromatic N) is 3. The predicted octanol–water partition coefficient (Wildman–Crippen LogP) is 2.28. The first kappa shape index (κ1) is 17.9.